The van der Waals surface area contributed by atoms with Gasteiger partial charge in [-0.05, 0) is 72.6 Å². The van der Waals surface area contributed by atoms with Crippen LogP contribution in [-0.4, -0.2) is 32.8 Å². The molecule has 192 valence electrons. The standard InChI is InChI=1S/C30H27ClN4O3/c31-27-13-12-25(30(38)34-24-10-6-19(7-11-24)15-28(36)37)29-26(27)17-33-35(29)18-20-4-8-22(9-5-20)23-3-1-2-21(14-23)16-32/h1-5,8-9,12-14,17,19,24H,6-7,10-11,15,18H2,(H,34,38)(H,36,37). The number of nitrogens with zero attached hydrogens (tertiary/aromatic N) is 3. The molecule has 0 spiro atoms. The molecular formula is C30H27ClN4O3. The van der Waals surface area contributed by atoms with Crippen molar-refractivity contribution in [2.24, 2.45) is 5.92 Å². The molecule has 7 nitrogen and oxygen atoms in total. The zero-order valence-corrected chi connectivity index (χ0v) is 21.5. The van der Waals surface area contributed by atoms with Crippen LogP contribution < -0.4 is 5.32 Å². The predicted octanol–water partition coefficient (Wildman–Crippen LogP) is 6.04. The fraction of sp³-hybridized carbons (Fsp3) is 0.267. The van der Waals surface area contributed by atoms with Gasteiger partial charge in [-0.15, -0.1) is 0 Å². The van der Waals surface area contributed by atoms with E-state index in [1.54, 1.807) is 29.1 Å². The molecule has 0 aliphatic heterocycles. The minimum absolute atomic E-state index is 0.0155. The second-order valence-electron chi connectivity index (χ2n) is 9.84. The van der Waals surface area contributed by atoms with Gasteiger partial charge in [0.05, 0.1) is 40.5 Å². The van der Waals surface area contributed by atoms with Crippen LogP contribution in [-0.2, 0) is 11.3 Å². The SMILES string of the molecule is N#Cc1cccc(-c2ccc(Cn3ncc4c(Cl)ccc(C(=O)NC5CCC(CC(=O)O)CC5)c43)cc2)c1. The molecule has 1 aliphatic carbocycles. The summed E-state index contributed by atoms with van der Waals surface area (Å²) in [5, 5.41) is 27.2. The van der Waals surface area contributed by atoms with Crippen molar-refractivity contribution in [3.05, 3.63) is 88.6 Å². The summed E-state index contributed by atoms with van der Waals surface area (Å²) in [6.45, 7) is 0.461. The van der Waals surface area contributed by atoms with Crippen LogP contribution in [0.2, 0.25) is 5.02 Å². The summed E-state index contributed by atoms with van der Waals surface area (Å²) in [6.07, 6.45) is 4.99. The molecule has 0 bridgehead atoms. The topological polar surface area (TPSA) is 108 Å². The van der Waals surface area contributed by atoms with Crippen LogP contribution in [0.1, 0.15) is 53.6 Å². The number of halogens is 1. The fourth-order valence-corrected chi connectivity index (χ4v) is 5.44. The first kappa shape index (κ1) is 25.5. The van der Waals surface area contributed by atoms with Gasteiger partial charge in [0.1, 0.15) is 0 Å². The number of carboxylic acid groups (broad SMARTS) is 1. The first-order chi connectivity index (χ1) is 18.4. The molecule has 3 aromatic carbocycles. The Morgan fingerprint density at radius 1 is 1.05 bits per heavy atom. The summed E-state index contributed by atoms with van der Waals surface area (Å²) in [6, 6.07) is 21.2. The Kier molecular flexibility index (Phi) is 7.43. The number of nitriles is 1. The molecule has 1 aliphatic rings. The maximum atomic E-state index is 13.3. The molecule has 5 rings (SSSR count). The molecular weight excluding hydrogens is 500 g/mol. The number of benzene rings is 3. The minimum Gasteiger partial charge on any atom is -0.481 e. The number of rotatable bonds is 7. The maximum Gasteiger partial charge on any atom is 0.303 e. The number of aromatic nitrogens is 2. The highest BCUT2D eigenvalue weighted by molar-refractivity contribution is 6.36. The van der Waals surface area contributed by atoms with Gasteiger partial charge in [-0.3, -0.25) is 14.3 Å². The van der Waals surface area contributed by atoms with Crippen molar-refractivity contribution in [2.45, 2.75) is 44.7 Å². The Labute approximate surface area is 225 Å². The second kappa shape index (κ2) is 11.1. The number of hydrogen-bond donors (Lipinski definition) is 2. The predicted molar refractivity (Wildman–Crippen MR) is 146 cm³/mol. The van der Waals surface area contributed by atoms with Gasteiger partial charge in [0, 0.05) is 17.8 Å². The second-order valence-corrected chi connectivity index (χ2v) is 10.2. The molecule has 0 unspecified atom stereocenters. The number of aliphatic carboxylic acids is 1. The summed E-state index contributed by atoms with van der Waals surface area (Å²) in [7, 11) is 0. The average Bonchev–Trinajstić information content (AvgIpc) is 3.34. The van der Waals surface area contributed by atoms with Crippen LogP contribution in [0.15, 0.2) is 66.9 Å². The van der Waals surface area contributed by atoms with E-state index in [9.17, 15) is 14.9 Å². The van der Waals surface area contributed by atoms with E-state index in [4.69, 9.17) is 16.7 Å². The van der Waals surface area contributed by atoms with Crippen LogP contribution in [0.3, 0.4) is 0 Å². The van der Waals surface area contributed by atoms with Gasteiger partial charge in [0.25, 0.3) is 5.91 Å². The van der Waals surface area contributed by atoms with Gasteiger partial charge < -0.3 is 10.4 Å². The van der Waals surface area contributed by atoms with Gasteiger partial charge >= 0.3 is 5.97 Å². The third-order valence-corrected chi connectivity index (χ3v) is 7.58. The number of amides is 1. The Hall–Kier alpha value is -4.15. The largest absolute Gasteiger partial charge is 0.481 e. The van der Waals surface area contributed by atoms with Gasteiger partial charge in [-0.25, -0.2) is 0 Å². The van der Waals surface area contributed by atoms with Crippen molar-refractivity contribution in [2.75, 3.05) is 0 Å². The van der Waals surface area contributed by atoms with Crippen molar-refractivity contribution in [1.29, 1.82) is 5.26 Å². The molecule has 38 heavy (non-hydrogen) atoms. The van der Waals surface area contributed by atoms with Gasteiger partial charge in [-0.1, -0.05) is 48.0 Å². The van der Waals surface area contributed by atoms with Crippen molar-refractivity contribution >= 4 is 34.4 Å². The lowest BCUT2D eigenvalue weighted by Gasteiger charge is -2.28. The van der Waals surface area contributed by atoms with Crippen LogP contribution >= 0.6 is 11.6 Å². The number of hydrogen-bond acceptors (Lipinski definition) is 4. The Morgan fingerprint density at radius 2 is 1.82 bits per heavy atom. The van der Waals surface area contributed by atoms with E-state index in [1.165, 1.54) is 0 Å². The Morgan fingerprint density at radius 3 is 2.53 bits per heavy atom. The molecule has 1 saturated carbocycles. The number of carbonyl (C=O) groups excluding carboxylic acids is 1. The van der Waals surface area contributed by atoms with Crippen LogP contribution in [0.4, 0.5) is 0 Å². The monoisotopic (exact) mass is 526 g/mol. The van der Waals surface area contributed by atoms with Crippen molar-refractivity contribution < 1.29 is 14.7 Å². The van der Waals surface area contributed by atoms with E-state index in [1.807, 2.05) is 42.5 Å². The molecule has 8 heteroatoms. The van der Waals surface area contributed by atoms with E-state index in [-0.39, 0.29) is 24.3 Å². The van der Waals surface area contributed by atoms with Crippen LogP contribution in [0.25, 0.3) is 22.0 Å². The Bertz CT molecular complexity index is 1530. The van der Waals surface area contributed by atoms with E-state index in [0.29, 0.717) is 28.2 Å². The fourth-order valence-electron chi connectivity index (χ4n) is 5.24. The highest BCUT2D eigenvalue weighted by atomic mass is 35.5. The highest BCUT2D eigenvalue weighted by Gasteiger charge is 2.25. The quantitative estimate of drug-likeness (QED) is 0.305. The maximum absolute atomic E-state index is 13.3. The first-order valence-electron chi connectivity index (χ1n) is 12.7. The average molecular weight is 527 g/mol. The first-order valence-corrected chi connectivity index (χ1v) is 13.0. The van der Waals surface area contributed by atoms with Gasteiger partial charge in [0.2, 0.25) is 0 Å². The van der Waals surface area contributed by atoms with Crippen LogP contribution in [0, 0.1) is 17.2 Å². The minimum atomic E-state index is -0.767. The smallest absolute Gasteiger partial charge is 0.303 e. The number of fused-ring (bicyclic) bond motifs is 1. The summed E-state index contributed by atoms with van der Waals surface area (Å²) >= 11 is 6.46. The van der Waals surface area contributed by atoms with E-state index in [2.05, 4.69) is 16.5 Å². The van der Waals surface area contributed by atoms with Crippen molar-refractivity contribution in [1.82, 2.24) is 15.1 Å². The van der Waals surface area contributed by atoms with Gasteiger partial charge in [0.15, 0.2) is 0 Å². The lowest BCUT2D eigenvalue weighted by Crippen LogP contribution is -2.38. The van der Waals surface area contributed by atoms with E-state index >= 15 is 0 Å². The molecule has 0 radical (unpaired) electrons. The number of carbonyl (C=O) groups is 2. The summed E-state index contributed by atoms with van der Waals surface area (Å²) in [5.41, 5.74) is 4.81. The molecule has 0 atom stereocenters. The van der Waals surface area contributed by atoms with Gasteiger partial charge in [-0.2, -0.15) is 10.4 Å². The zero-order valence-electron chi connectivity index (χ0n) is 20.7. The van der Waals surface area contributed by atoms with Crippen molar-refractivity contribution in [3.63, 3.8) is 0 Å². The summed E-state index contributed by atoms with van der Waals surface area (Å²) in [4.78, 5) is 24.3. The number of carboxylic acids is 1. The molecule has 2 N–H and O–H groups in total. The molecule has 1 heterocycles. The zero-order chi connectivity index (χ0) is 26.6. The number of nitrogens with one attached hydrogen (secondary N) is 1. The summed E-state index contributed by atoms with van der Waals surface area (Å²) < 4.78 is 1.80. The van der Waals surface area contributed by atoms with E-state index in [0.717, 1.165) is 47.8 Å². The van der Waals surface area contributed by atoms with Crippen molar-refractivity contribution in [3.8, 4) is 17.2 Å². The molecule has 1 amide bonds. The highest BCUT2D eigenvalue weighted by Crippen LogP contribution is 2.30. The molecule has 0 saturated heterocycles. The Balaban J connectivity index is 1.34. The molecule has 1 fully saturated rings. The molecule has 1 aromatic heterocycles. The third kappa shape index (κ3) is 5.56. The normalized spacial score (nSPS) is 17.2. The van der Waals surface area contributed by atoms with Crippen LogP contribution in [0.5, 0.6) is 0 Å². The lowest BCUT2D eigenvalue weighted by molar-refractivity contribution is -0.138. The molecule has 4 aromatic rings. The summed E-state index contributed by atoms with van der Waals surface area (Å²) in [5.74, 6) is -0.772. The van der Waals surface area contributed by atoms with E-state index < -0.39 is 5.97 Å². The lowest BCUT2D eigenvalue weighted by atomic mass is 9.84. The third-order valence-electron chi connectivity index (χ3n) is 7.25.